The highest BCUT2D eigenvalue weighted by Gasteiger charge is 2.29. The molecular formula is C23H25N3OS. The second kappa shape index (κ2) is 8.67. The maximum atomic E-state index is 13.5. The number of aryl methyl sites for hydroxylation is 1. The Kier molecular flexibility index (Phi) is 5.84. The number of benzene rings is 2. The molecule has 2 heterocycles. The summed E-state index contributed by atoms with van der Waals surface area (Å²) in [5, 5.41) is 3.24. The molecule has 0 radical (unpaired) electrons. The van der Waals surface area contributed by atoms with Gasteiger partial charge in [0.2, 0.25) is 5.91 Å². The van der Waals surface area contributed by atoms with Gasteiger partial charge in [-0.3, -0.25) is 9.69 Å². The van der Waals surface area contributed by atoms with Gasteiger partial charge in [-0.15, -0.1) is 11.3 Å². The highest BCUT2D eigenvalue weighted by atomic mass is 32.1. The van der Waals surface area contributed by atoms with Gasteiger partial charge in [0.25, 0.3) is 0 Å². The zero-order chi connectivity index (χ0) is 19.3. The van der Waals surface area contributed by atoms with Gasteiger partial charge < -0.3 is 4.90 Å². The van der Waals surface area contributed by atoms with E-state index >= 15 is 0 Å². The molecule has 0 N–H and O–H groups in total. The Morgan fingerprint density at radius 3 is 2.04 bits per heavy atom. The maximum Gasteiger partial charge on any atom is 0.234 e. The van der Waals surface area contributed by atoms with E-state index in [1.54, 1.807) is 11.3 Å². The number of nitrogens with zero attached hydrogens (tertiary/aromatic N) is 3. The molecule has 5 heteroatoms. The van der Waals surface area contributed by atoms with Crippen molar-refractivity contribution >= 4 is 17.2 Å². The minimum atomic E-state index is -0.241. The number of carbonyl (C=O) groups is 1. The maximum absolute atomic E-state index is 13.5. The monoisotopic (exact) mass is 391 g/mol. The Balaban J connectivity index is 1.46. The van der Waals surface area contributed by atoms with Gasteiger partial charge in [-0.1, -0.05) is 60.7 Å². The largest absolute Gasteiger partial charge is 0.339 e. The topological polar surface area (TPSA) is 36.4 Å². The molecule has 0 atom stereocenters. The first-order chi connectivity index (χ1) is 13.7. The molecule has 0 spiro atoms. The van der Waals surface area contributed by atoms with Crippen LogP contribution in [0.1, 0.15) is 27.7 Å². The normalized spacial score (nSPS) is 15.1. The smallest absolute Gasteiger partial charge is 0.234 e. The van der Waals surface area contributed by atoms with Gasteiger partial charge in [0.05, 0.1) is 16.6 Å². The van der Waals surface area contributed by atoms with E-state index < -0.39 is 0 Å². The van der Waals surface area contributed by atoms with Crippen molar-refractivity contribution in [3.05, 3.63) is 87.9 Å². The molecule has 3 aromatic rings. The van der Waals surface area contributed by atoms with Gasteiger partial charge in [-0.2, -0.15) is 0 Å². The van der Waals surface area contributed by atoms with Gasteiger partial charge in [-0.05, 0) is 18.1 Å². The second-order valence-corrected chi connectivity index (χ2v) is 8.28. The standard InChI is InChI=1S/C23H25N3OS/c1-18-24-21(17-28-18)16-25-12-14-26(15-13-25)23(27)22(19-8-4-2-5-9-19)20-10-6-3-7-11-20/h2-11,17,22H,12-16H2,1H3. The van der Waals surface area contributed by atoms with Crippen LogP contribution in [-0.4, -0.2) is 46.9 Å². The number of aromatic nitrogens is 1. The highest BCUT2D eigenvalue weighted by molar-refractivity contribution is 7.09. The summed E-state index contributed by atoms with van der Waals surface area (Å²) in [6.45, 7) is 6.21. The third kappa shape index (κ3) is 4.32. The van der Waals surface area contributed by atoms with E-state index in [-0.39, 0.29) is 11.8 Å². The van der Waals surface area contributed by atoms with Gasteiger partial charge >= 0.3 is 0 Å². The van der Waals surface area contributed by atoms with Gasteiger partial charge in [0, 0.05) is 38.1 Å². The Bertz CT molecular complexity index is 862. The molecule has 1 aromatic heterocycles. The number of thiazole rings is 1. The first-order valence-electron chi connectivity index (χ1n) is 9.73. The molecule has 0 unspecified atom stereocenters. The SMILES string of the molecule is Cc1nc(CN2CCN(C(=O)C(c3ccccc3)c3ccccc3)CC2)cs1. The predicted molar refractivity (Wildman–Crippen MR) is 113 cm³/mol. The molecule has 1 aliphatic rings. The third-order valence-corrected chi connectivity index (χ3v) is 6.07. The van der Waals surface area contributed by atoms with E-state index in [1.165, 1.54) is 0 Å². The number of rotatable bonds is 5. The second-order valence-electron chi connectivity index (χ2n) is 7.21. The third-order valence-electron chi connectivity index (χ3n) is 5.25. The Morgan fingerprint density at radius 1 is 0.964 bits per heavy atom. The van der Waals surface area contributed by atoms with Crippen LogP contribution in [0.25, 0.3) is 0 Å². The molecule has 2 aromatic carbocycles. The summed E-state index contributed by atoms with van der Waals surface area (Å²) >= 11 is 1.70. The summed E-state index contributed by atoms with van der Waals surface area (Å²) in [6.07, 6.45) is 0. The molecule has 144 valence electrons. The fourth-order valence-electron chi connectivity index (χ4n) is 3.79. The number of hydrogen-bond acceptors (Lipinski definition) is 4. The number of amides is 1. The van der Waals surface area contributed by atoms with Crippen LogP contribution in [0.4, 0.5) is 0 Å². The van der Waals surface area contributed by atoms with Crippen molar-refractivity contribution in [3.63, 3.8) is 0 Å². The van der Waals surface area contributed by atoms with E-state index in [9.17, 15) is 4.79 Å². The molecule has 1 amide bonds. The number of hydrogen-bond donors (Lipinski definition) is 0. The Labute approximate surface area is 170 Å². The number of piperazine rings is 1. The lowest BCUT2D eigenvalue weighted by atomic mass is 9.90. The highest BCUT2D eigenvalue weighted by Crippen LogP contribution is 2.27. The molecule has 1 saturated heterocycles. The lowest BCUT2D eigenvalue weighted by molar-refractivity contribution is -0.133. The molecule has 0 aliphatic carbocycles. The van der Waals surface area contributed by atoms with Crippen molar-refractivity contribution in [2.45, 2.75) is 19.4 Å². The summed E-state index contributed by atoms with van der Waals surface area (Å²) in [6, 6.07) is 20.2. The van der Waals surface area contributed by atoms with E-state index in [1.807, 2.05) is 48.2 Å². The summed E-state index contributed by atoms with van der Waals surface area (Å²) in [7, 11) is 0. The molecule has 4 rings (SSSR count). The predicted octanol–water partition coefficient (Wildman–Crippen LogP) is 3.93. The van der Waals surface area contributed by atoms with Gasteiger partial charge in [-0.25, -0.2) is 4.98 Å². The van der Waals surface area contributed by atoms with E-state index in [2.05, 4.69) is 39.5 Å². The lowest BCUT2D eigenvalue weighted by Gasteiger charge is -2.36. The molecule has 0 bridgehead atoms. The zero-order valence-corrected chi connectivity index (χ0v) is 16.9. The first kappa shape index (κ1) is 18.8. The average Bonchev–Trinajstić information content (AvgIpc) is 3.15. The van der Waals surface area contributed by atoms with Gasteiger partial charge in [0.15, 0.2) is 0 Å². The molecule has 1 aliphatic heterocycles. The zero-order valence-electron chi connectivity index (χ0n) is 16.1. The van der Waals surface area contributed by atoms with Crippen LogP contribution in [0, 0.1) is 6.92 Å². The van der Waals surface area contributed by atoms with Crippen LogP contribution in [0.3, 0.4) is 0 Å². The molecule has 4 nitrogen and oxygen atoms in total. The van der Waals surface area contributed by atoms with Crippen molar-refractivity contribution in [3.8, 4) is 0 Å². The number of carbonyl (C=O) groups excluding carboxylic acids is 1. The van der Waals surface area contributed by atoms with Crippen molar-refractivity contribution in [1.82, 2.24) is 14.8 Å². The molecule has 0 saturated carbocycles. The van der Waals surface area contributed by atoms with Crippen molar-refractivity contribution in [2.75, 3.05) is 26.2 Å². The summed E-state index contributed by atoms with van der Waals surface area (Å²) in [5.74, 6) is -0.0447. The van der Waals surface area contributed by atoms with Crippen LogP contribution in [-0.2, 0) is 11.3 Å². The fourth-order valence-corrected chi connectivity index (χ4v) is 4.39. The lowest BCUT2D eigenvalue weighted by Crippen LogP contribution is -2.49. The van der Waals surface area contributed by atoms with E-state index in [0.717, 1.165) is 54.6 Å². The minimum absolute atomic E-state index is 0.196. The first-order valence-corrected chi connectivity index (χ1v) is 10.6. The van der Waals surface area contributed by atoms with Crippen molar-refractivity contribution < 1.29 is 4.79 Å². The van der Waals surface area contributed by atoms with Gasteiger partial charge in [0.1, 0.15) is 0 Å². The Morgan fingerprint density at radius 2 is 1.54 bits per heavy atom. The summed E-state index contributed by atoms with van der Waals surface area (Å²) < 4.78 is 0. The molecular weight excluding hydrogens is 366 g/mol. The van der Waals surface area contributed by atoms with Crippen molar-refractivity contribution in [2.24, 2.45) is 0 Å². The van der Waals surface area contributed by atoms with Crippen molar-refractivity contribution in [1.29, 1.82) is 0 Å². The molecule has 1 fully saturated rings. The average molecular weight is 392 g/mol. The summed E-state index contributed by atoms with van der Waals surface area (Å²) in [5.41, 5.74) is 3.24. The minimum Gasteiger partial charge on any atom is -0.339 e. The van der Waals surface area contributed by atoms with Crippen LogP contribution in [0.5, 0.6) is 0 Å². The molecule has 28 heavy (non-hydrogen) atoms. The van der Waals surface area contributed by atoms with Crippen LogP contribution in [0.2, 0.25) is 0 Å². The Hall–Kier alpha value is -2.50. The van der Waals surface area contributed by atoms with Crippen LogP contribution in [0.15, 0.2) is 66.0 Å². The quantitative estimate of drug-likeness (QED) is 0.661. The fraction of sp³-hybridized carbons (Fsp3) is 0.304. The van der Waals surface area contributed by atoms with Crippen LogP contribution < -0.4 is 0 Å². The van der Waals surface area contributed by atoms with Crippen LogP contribution >= 0.6 is 11.3 Å². The van der Waals surface area contributed by atoms with E-state index in [4.69, 9.17) is 0 Å². The summed E-state index contributed by atoms with van der Waals surface area (Å²) in [4.78, 5) is 22.4. The van der Waals surface area contributed by atoms with E-state index in [0.29, 0.717) is 0 Å².